The number of amides is 2. The Morgan fingerprint density at radius 1 is 1.00 bits per heavy atom. The van der Waals surface area contributed by atoms with Crippen molar-refractivity contribution in [2.75, 3.05) is 23.7 Å². The van der Waals surface area contributed by atoms with E-state index in [4.69, 9.17) is 0 Å². The van der Waals surface area contributed by atoms with Crippen LogP contribution < -0.4 is 10.6 Å². The van der Waals surface area contributed by atoms with E-state index in [9.17, 15) is 9.59 Å². The molecule has 5 rings (SSSR count). The second kappa shape index (κ2) is 11.1. The van der Waals surface area contributed by atoms with Crippen LogP contribution in [0.5, 0.6) is 0 Å². The molecule has 0 radical (unpaired) electrons. The van der Waals surface area contributed by atoms with Gasteiger partial charge in [-0.05, 0) is 88.8 Å². The quantitative estimate of drug-likeness (QED) is 0.428. The summed E-state index contributed by atoms with van der Waals surface area (Å²) >= 11 is 0. The second-order valence-electron chi connectivity index (χ2n) is 10.9. The van der Waals surface area contributed by atoms with Gasteiger partial charge in [0.2, 0.25) is 5.91 Å². The summed E-state index contributed by atoms with van der Waals surface area (Å²) < 4.78 is 1.76. The minimum Gasteiger partial charge on any atom is -0.325 e. The Morgan fingerprint density at radius 2 is 1.77 bits per heavy atom. The first-order valence-corrected chi connectivity index (χ1v) is 13.7. The highest BCUT2D eigenvalue weighted by atomic mass is 16.2. The number of aromatic nitrogens is 4. The molecule has 1 saturated heterocycles. The van der Waals surface area contributed by atoms with Crippen molar-refractivity contribution in [3.05, 3.63) is 65.0 Å². The smallest absolute Gasteiger partial charge is 0.257 e. The van der Waals surface area contributed by atoms with Crippen LogP contribution in [0.25, 0.3) is 11.6 Å². The van der Waals surface area contributed by atoms with Crippen LogP contribution in [0, 0.1) is 13.8 Å². The Balaban J connectivity index is 1.23. The molecule has 2 aliphatic rings. The number of carbonyl (C=O) groups excluding carboxylic acids is 2. The number of carbonyl (C=O) groups is 2. The lowest BCUT2D eigenvalue weighted by Crippen LogP contribution is -2.49. The molecule has 9 heteroatoms. The topological polar surface area (TPSA) is 105 Å². The summed E-state index contributed by atoms with van der Waals surface area (Å²) in [4.78, 5) is 37.2. The Kier molecular flexibility index (Phi) is 7.61. The molecule has 1 spiro atoms. The maximum absolute atomic E-state index is 13.2. The lowest BCUT2D eigenvalue weighted by molar-refractivity contribution is -0.116. The molecule has 2 N–H and O–H groups in total. The number of aryl methyl sites for hydroxylation is 3. The van der Waals surface area contributed by atoms with E-state index in [-0.39, 0.29) is 11.8 Å². The number of nitrogens with zero attached hydrogens (tertiary/aromatic N) is 5. The number of likely N-dealkylation sites (tertiary alicyclic amines) is 1. The van der Waals surface area contributed by atoms with Crippen LogP contribution in [0.1, 0.15) is 78.3 Å². The molecule has 3 aromatic heterocycles. The minimum absolute atomic E-state index is 0.0394. The molecule has 4 heterocycles. The number of hydrogen-bond acceptors (Lipinski definition) is 6. The molecule has 39 heavy (non-hydrogen) atoms. The maximum atomic E-state index is 13.2. The second-order valence-corrected chi connectivity index (χ2v) is 10.9. The average Bonchev–Trinajstić information content (AvgIpc) is 3.52. The van der Waals surface area contributed by atoms with E-state index in [1.54, 1.807) is 23.1 Å². The normalized spacial score (nSPS) is 16.8. The summed E-state index contributed by atoms with van der Waals surface area (Å²) in [5.41, 5.74) is 6.32. The zero-order valence-corrected chi connectivity index (χ0v) is 23.3. The number of pyridine rings is 2. The third kappa shape index (κ3) is 5.93. The van der Waals surface area contributed by atoms with E-state index in [1.165, 1.54) is 32.1 Å². The summed E-state index contributed by atoms with van der Waals surface area (Å²) in [5, 5.41) is 10.1. The van der Waals surface area contributed by atoms with Crippen LogP contribution in [0.2, 0.25) is 0 Å². The average molecular weight is 528 g/mol. The molecule has 2 fully saturated rings. The minimum atomic E-state index is -0.288. The van der Waals surface area contributed by atoms with Crippen molar-refractivity contribution in [2.24, 2.45) is 7.05 Å². The third-order valence-electron chi connectivity index (χ3n) is 8.17. The van der Waals surface area contributed by atoms with Crippen molar-refractivity contribution < 1.29 is 9.59 Å². The predicted molar refractivity (Wildman–Crippen MR) is 153 cm³/mol. The van der Waals surface area contributed by atoms with Gasteiger partial charge in [0.1, 0.15) is 0 Å². The van der Waals surface area contributed by atoms with Crippen LogP contribution in [0.4, 0.5) is 11.4 Å². The fourth-order valence-corrected chi connectivity index (χ4v) is 5.64. The molecule has 0 aromatic carbocycles. The number of hydrogen-bond donors (Lipinski definition) is 2. The van der Waals surface area contributed by atoms with Gasteiger partial charge in [0.05, 0.1) is 35.0 Å². The molecule has 9 nitrogen and oxygen atoms in total. The van der Waals surface area contributed by atoms with Gasteiger partial charge in [0.15, 0.2) is 0 Å². The summed E-state index contributed by atoms with van der Waals surface area (Å²) in [6.45, 7) is 7.62. The van der Waals surface area contributed by atoms with Gasteiger partial charge in [-0.25, -0.2) is 0 Å². The molecular formula is C30H37N7O2. The van der Waals surface area contributed by atoms with E-state index < -0.39 is 0 Å². The first-order chi connectivity index (χ1) is 18.7. The Morgan fingerprint density at radius 3 is 2.49 bits per heavy atom. The van der Waals surface area contributed by atoms with Crippen molar-refractivity contribution in [2.45, 2.75) is 64.8 Å². The fraction of sp³-hybridized carbons (Fsp3) is 0.433. The molecule has 1 aliphatic carbocycles. The van der Waals surface area contributed by atoms with Crippen LogP contribution >= 0.6 is 0 Å². The first-order valence-electron chi connectivity index (χ1n) is 13.7. The molecule has 3 aromatic rings. The molecule has 0 atom stereocenters. The standard InChI is InChI=1S/C30H37N7O2/c1-20(25-17-33-36(4)19-25)13-23-14-24(16-31-21(23)2)29(39)35-27-15-26(18-32-22(27)3)34-28(38)7-12-37-11-6-10-30(37)8-5-9-30/h13-19H,5-12H2,1-4H3,(H,34,38)(H,35,39)/b20-13+. The lowest BCUT2D eigenvalue weighted by Gasteiger charge is -2.46. The summed E-state index contributed by atoms with van der Waals surface area (Å²) in [6, 6.07) is 3.59. The van der Waals surface area contributed by atoms with E-state index in [0.29, 0.717) is 34.6 Å². The molecular weight excluding hydrogens is 490 g/mol. The van der Waals surface area contributed by atoms with E-state index in [1.807, 2.05) is 52.4 Å². The zero-order chi connectivity index (χ0) is 27.6. The van der Waals surface area contributed by atoms with Crippen LogP contribution in [0.3, 0.4) is 0 Å². The molecule has 1 saturated carbocycles. The monoisotopic (exact) mass is 527 g/mol. The van der Waals surface area contributed by atoms with Crippen molar-refractivity contribution in [1.29, 1.82) is 0 Å². The van der Waals surface area contributed by atoms with Gasteiger partial charge < -0.3 is 10.6 Å². The fourth-order valence-electron chi connectivity index (χ4n) is 5.64. The van der Waals surface area contributed by atoms with Crippen molar-refractivity contribution in [3.8, 4) is 0 Å². The van der Waals surface area contributed by atoms with Crippen molar-refractivity contribution >= 4 is 34.8 Å². The Labute approximate surface area is 229 Å². The van der Waals surface area contributed by atoms with Crippen LogP contribution in [-0.2, 0) is 11.8 Å². The van der Waals surface area contributed by atoms with Crippen molar-refractivity contribution in [1.82, 2.24) is 24.6 Å². The highest BCUT2D eigenvalue weighted by Gasteiger charge is 2.45. The largest absolute Gasteiger partial charge is 0.325 e. The number of nitrogens with one attached hydrogen (secondary N) is 2. The zero-order valence-electron chi connectivity index (χ0n) is 23.3. The highest BCUT2D eigenvalue weighted by Crippen LogP contribution is 2.45. The van der Waals surface area contributed by atoms with Gasteiger partial charge in [-0.2, -0.15) is 5.10 Å². The van der Waals surface area contributed by atoms with Gasteiger partial charge in [-0.15, -0.1) is 0 Å². The predicted octanol–water partition coefficient (Wildman–Crippen LogP) is 4.99. The molecule has 204 valence electrons. The highest BCUT2D eigenvalue weighted by molar-refractivity contribution is 6.05. The molecule has 0 unspecified atom stereocenters. The molecule has 2 amide bonds. The van der Waals surface area contributed by atoms with Crippen LogP contribution in [-0.4, -0.2) is 55.1 Å². The maximum Gasteiger partial charge on any atom is 0.257 e. The van der Waals surface area contributed by atoms with Gasteiger partial charge in [-0.1, -0.05) is 0 Å². The molecule has 0 bridgehead atoms. The van der Waals surface area contributed by atoms with Crippen molar-refractivity contribution in [3.63, 3.8) is 0 Å². The van der Waals surface area contributed by atoms with Gasteiger partial charge >= 0.3 is 0 Å². The van der Waals surface area contributed by atoms with Gasteiger partial charge in [0.25, 0.3) is 5.91 Å². The SMILES string of the molecule is C/C(=C\c1cc(C(=O)Nc2cc(NC(=O)CCN3CCCC34CCC4)cnc2C)cnc1C)c1cnn(C)c1. The summed E-state index contributed by atoms with van der Waals surface area (Å²) in [7, 11) is 1.88. The van der Waals surface area contributed by atoms with E-state index in [2.05, 4.69) is 30.6 Å². The Bertz CT molecular complexity index is 1420. The summed E-state index contributed by atoms with van der Waals surface area (Å²) in [5.74, 6) is -0.327. The number of allylic oxidation sites excluding steroid dienone is 1. The van der Waals surface area contributed by atoms with E-state index >= 15 is 0 Å². The number of anilines is 2. The molecule has 1 aliphatic heterocycles. The summed E-state index contributed by atoms with van der Waals surface area (Å²) in [6.07, 6.45) is 15.7. The Hall–Kier alpha value is -3.85. The third-order valence-corrected chi connectivity index (χ3v) is 8.17. The lowest BCUT2D eigenvalue weighted by atomic mass is 9.75. The van der Waals surface area contributed by atoms with Gasteiger partial charge in [0, 0.05) is 49.2 Å². The van der Waals surface area contributed by atoms with Crippen LogP contribution in [0.15, 0.2) is 36.9 Å². The van der Waals surface area contributed by atoms with Gasteiger partial charge in [-0.3, -0.25) is 29.1 Å². The van der Waals surface area contributed by atoms with E-state index in [0.717, 1.165) is 35.5 Å². The number of rotatable bonds is 8. The first kappa shape index (κ1) is 26.7.